The number of aryl methyl sites for hydroxylation is 1. The molecule has 156 valence electrons. The minimum atomic E-state index is -0.428. The lowest BCUT2D eigenvalue weighted by atomic mass is 10.1. The number of nitrogens with zero attached hydrogens (tertiary/aromatic N) is 2. The fourth-order valence-corrected chi connectivity index (χ4v) is 3.49. The Morgan fingerprint density at radius 3 is 2.39 bits per heavy atom. The van der Waals surface area contributed by atoms with E-state index < -0.39 is 5.92 Å². The van der Waals surface area contributed by atoms with E-state index in [0.29, 0.717) is 23.6 Å². The molecule has 0 spiro atoms. The lowest BCUT2D eigenvalue weighted by Crippen LogP contribution is -2.28. The van der Waals surface area contributed by atoms with E-state index in [-0.39, 0.29) is 24.1 Å². The predicted octanol–water partition coefficient (Wildman–Crippen LogP) is 3.63. The summed E-state index contributed by atoms with van der Waals surface area (Å²) in [5.74, 6) is -0.508. The van der Waals surface area contributed by atoms with E-state index in [1.807, 2.05) is 49.4 Å². The normalized spacial score (nSPS) is 15.6. The number of anilines is 3. The minimum Gasteiger partial charge on any atom is -0.326 e. The number of amides is 3. The standard InChI is InChI=1S/C24H22N4O3/c1-16-6-5-9-21(25-16)27-23(30)17-10-12-19(13-11-17)26-24(31)18-14-22(29)28(15-18)20-7-3-2-4-8-20/h2-13,18H,14-15H2,1H3,(H,26,31)(H,25,27,30). The van der Waals surface area contributed by atoms with Gasteiger partial charge in [0, 0.05) is 35.6 Å². The topological polar surface area (TPSA) is 91.4 Å². The van der Waals surface area contributed by atoms with Crippen molar-refractivity contribution in [2.75, 3.05) is 22.1 Å². The Balaban J connectivity index is 1.36. The summed E-state index contributed by atoms with van der Waals surface area (Å²) in [5.41, 5.74) is 2.63. The summed E-state index contributed by atoms with van der Waals surface area (Å²) >= 11 is 0. The van der Waals surface area contributed by atoms with Gasteiger partial charge in [0.15, 0.2) is 0 Å². The van der Waals surface area contributed by atoms with E-state index >= 15 is 0 Å². The molecule has 0 radical (unpaired) electrons. The molecular weight excluding hydrogens is 392 g/mol. The number of pyridine rings is 1. The molecule has 7 nitrogen and oxygen atoms in total. The second-order valence-corrected chi connectivity index (χ2v) is 7.43. The molecule has 1 aromatic heterocycles. The Kier molecular flexibility index (Phi) is 5.75. The number of rotatable bonds is 5. The van der Waals surface area contributed by atoms with Gasteiger partial charge in [-0.25, -0.2) is 4.98 Å². The summed E-state index contributed by atoms with van der Waals surface area (Å²) < 4.78 is 0. The Bertz CT molecular complexity index is 1110. The fourth-order valence-electron chi connectivity index (χ4n) is 3.49. The highest BCUT2D eigenvalue weighted by Crippen LogP contribution is 2.26. The first-order valence-electron chi connectivity index (χ1n) is 10.0. The van der Waals surface area contributed by atoms with Gasteiger partial charge in [-0.2, -0.15) is 0 Å². The predicted molar refractivity (Wildman–Crippen MR) is 119 cm³/mol. The maximum Gasteiger partial charge on any atom is 0.256 e. The van der Waals surface area contributed by atoms with Crippen LogP contribution in [0.25, 0.3) is 0 Å². The lowest BCUT2D eigenvalue weighted by molar-refractivity contribution is -0.122. The number of carbonyl (C=O) groups excluding carboxylic acids is 3. The number of nitrogens with one attached hydrogen (secondary N) is 2. The van der Waals surface area contributed by atoms with Crippen molar-refractivity contribution >= 4 is 34.9 Å². The lowest BCUT2D eigenvalue weighted by Gasteiger charge is -2.16. The molecule has 0 saturated carbocycles. The number of para-hydroxylation sites is 1. The van der Waals surface area contributed by atoms with Gasteiger partial charge in [0.05, 0.1) is 5.92 Å². The minimum absolute atomic E-state index is 0.0665. The van der Waals surface area contributed by atoms with Gasteiger partial charge in [0.25, 0.3) is 5.91 Å². The van der Waals surface area contributed by atoms with E-state index in [4.69, 9.17) is 0 Å². The van der Waals surface area contributed by atoms with Crippen LogP contribution >= 0.6 is 0 Å². The van der Waals surface area contributed by atoms with Crippen molar-refractivity contribution in [1.29, 1.82) is 0 Å². The highest BCUT2D eigenvalue weighted by molar-refractivity contribution is 6.05. The highest BCUT2D eigenvalue weighted by atomic mass is 16.2. The third-order valence-corrected chi connectivity index (χ3v) is 5.11. The SMILES string of the molecule is Cc1cccc(NC(=O)c2ccc(NC(=O)C3CC(=O)N(c4ccccc4)C3)cc2)n1. The van der Waals surface area contributed by atoms with E-state index in [2.05, 4.69) is 15.6 Å². The second-order valence-electron chi connectivity index (χ2n) is 7.43. The zero-order valence-electron chi connectivity index (χ0n) is 17.0. The van der Waals surface area contributed by atoms with Gasteiger partial charge in [-0.15, -0.1) is 0 Å². The maximum absolute atomic E-state index is 12.7. The molecule has 7 heteroatoms. The van der Waals surface area contributed by atoms with Crippen LogP contribution in [-0.2, 0) is 9.59 Å². The molecule has 1 atom stereocenters. The van der Waals surface area contributed by atoms with Crippen molar-refractivity contribution in [2.45, 2.75) is 13.3 Å². The summed E-state index contributed by atoms with van der Waals surface area (Å²) in [6.45, 7) is 2.20. The fraction of sp³-hybridized carbons (Fsp3) is 0.167. The van der Waals surface area contributed by atoms with Crippen molar-refractivity contribution in [3.8, 4) is 0 Å². The van der Waals surface area contributed by atoms with E-state index in [1.165, 1.54) is 0 Å². The number of hydrogen-bond donors (Lipinski definition) is 2. The molecule has 1 unspecified atom stereocenters. The van der Waals surface area contributed by atoms with E-state index in [1.54, 1.807) is 35.2 Å². The summed E-state index contributed by atoms with van der Waals surface area (Å²) in [4.78, 5) is 43.3. The molecule has 0 aliphatic carbocycles. The number of aromatic nitrogens is 1. The Morgan fingerprint density at radius 1 is 0.935 bits per heavy atom. The summed E-state index contributed by atoms with van der Waals surface area (Å²) in [6, 6.07) is 21.3. The van der Waals surface area contributed by atoms with Crippen LogP contribution in [0.15, 0.2) is 72.8 Å². The molecule has 4 rings (SSSR count). The molecule has 1 aliphatic rings. The van der Waals surface area contributed by atoms with Crippen LogP contribution in [-0.4, -0.2) is 29.3 Å². The van der Waals surface area contributed by atoms with Gasteiger partial charge in [-0.1, -0.05) is 24.3 Å². The monoisotopic (exact) mass is 414 g/mol. The van der Waals surface area contributed by atoms with Crippen molar-refractivity contribution in [3.63, 3.8) is 0 Å². The number of benzene rings is 2. The molecule has 2 heterocycles. The molecule has 2 N–H and O–H groups in total. The van der Waals surface area contributed by atoms with Crippen molar-refractivity contribution in [3.05, 3.63) is 84.1 Å². The summed E-state index contributed by atoms with van der Waals surface area (Å²) in [7, 11) is 0. The molecule has 3 amide bonds. The molecule has 0 bridgehead atoms. The molecule has 1 aliphatic heterocycles. The van der Waals surface area contributed by atoms with Gasteiger partial charge >= 0.3 is 0 Å². The Morgan fingerprint density at radius 2 is 1.68 bits per heavy atom. The quantitative estimate of drug-likeness (QED) is 0.667. The molecule has 1 fully saturated rings. The van der Waals surface area contributed by atoms with Crippen LogP contribution in [0.1, 0.15) is 22.5 Å². The van der Waals surface area contributed by atoms with E-state index in [9.17, 15) is 14.4 Å². The third-order valence-electron chi connectivity index (χ3n) is 5.11. The zero-order chi connectivity index (χ0) is 21.8. The average molecular weight is 414 g/mol. The Labute approximate surface area is 180 Å². The van der Waals surface area contributed by atoms with E-state index in [0.717, 1.165) is 11.4 Å². The largest absolute Gasteiger partial charge is 0.326 e. The average Bonchev–Trinajstić information content (AvgIpc) is 3.17. The van der Waals surface area contributed by atoms with Gasteiger partial charge in [-0.3, -0.25) is 14.4 Å². The highest BCUT2D eigenvalue weighted by Gasteiger charge is 2.35. The van der Waals surface area contributed by atoms with Crippen molar-refractivity contribution in [2.24, 2.45) is 5.92 Å². The third kappa shape index (κ3) is 4.78. The van der Waals surface area contributed by atoms with Crippen LogP contribution < -0.4 is 15.5 Å². The molecule has 2 aromatic carbocycles. The maximum atomic E-state index is 12.7. The van der Waals surface area contributed by atoms with Crippen LogP contribution in [0.5, 0.6) is 0 Å². The first-order chi connectivity index (χ1) is 15.0. The molecule has 31 heavy (non-hydrogen) atoms. The molecular formula is C24H22N4O3. The van der Waals surface area contributed by atoms with Gasteiger partial charge < -0.3 is 15.5 Å². The summed E-state index contributed by atoms with van der Waals surface area (Å²) in [5, 5.41) is 5.59. The van der Waals surface area contributed by atoms with Crippen molar-refractivity contribution < 1.29 is 14.4 Å². The van der Waals surface area contributed by atoms with Crippen molar-refractivity contribution in [1.82, 2.24) is 4.98 Å². The second kappa shape index (κ2) is 8.79. The Hall–Kier alpha value is -4.00. The first kappa shape index (κ1) is 20.3. The first-order valence-corrected chi connectivity index (χ1v) is 10.0. The van der Waals surface area contributed by atoms with Gasteiger partial charge in [0.1, 0.15) is 5.82 Å². The van der Waals surface area contributed by atoms with Gasteiger partial charge in [0.2, 0.25) is 11.8 Å². The zero-order valence-corrected chi connectivity index (χ0v) is 17.0. The van der Waals surface area contributed by atoms with Gasteiger partial charge in [-0.05, 0) is 55.5 Å². The van der Waals surface area contributed by atoms with Crippen LogP contribution in [0.2, 0.25) is 0 Å². The number of hydrogen-bond acceptors (Lipinski definition) is 4. The van der Waals surface area contributed by atoms with Crippen LogP contribution in [0.4, 0.5) is 17.2 Å². The number of carbonyl (C=O) groups is 3. The summed E-state index contributed by atoms with van der Waals surface area (Å²) in [6.07, 6.45) is 0.171. The van der Waals surface area contributed by atoms with Crippen LogP contribution in [0.3, 0.4) is 0 Å². The molecule has 1 saturated heterocycles. The molecule has 3 aromatic rings. The van der Waals surface area contributed by atoms with Crippen LogP contribution in [0, 0.1) is 12.8 Å². The smallest absolute Gasteiger partial charge is 0.256 e.